The van der Waals surface area contributed by atoms with E-state index in [0.717, 1.165) is 38.5 Å². The molecule has 0 unspecified atom stereocenters. The number of aryl methyl sites for hydroxylation is 1. The van der Waals surface area contributed by atoms with Gasteiger partial charge in [-0.25, -0.2) is 13.4 Å². The third-order valence-corrected chi connectivity index (χ3v) is 9.23. The highest BCUT2D eigenvalue weighted by Crippen LogP contribution is 2.50. The van der Waals surface area contributed by atoms with Gasteiger partial charge in [0.25, 0.3) is 5.91 Å². The van der Waals surface area contributed by atoms with Gasteiger partial charge in [-0.05, 0) is 25.7 Å². The molecule has 11 nitrogen and oxygen atoms in total. The van der Waals surface area contributed by atoms with Crippen molar-refractivity contribution in [2.24, 2.45) is 7.05 Å². The summed E-state index contributed by atoms with van der Waals surface area (Å²) in [4.78, 5) is 24.5. The Kier molecular flexibility index (Phi) is 5.07. The van der Waals surface area contributed by atoms with E-state index < -0.39 is 15.6 Å². The van der Waals surface area contributed by atoms with Crippen molar-refractivity contribution in [3.8, 4) is 5.75 Å². The summed E-state index contributed by atoms with van der Waals surface area (Å²) in [7, 11) is -1.85. The van der Waals surface area contributed by atoms with E-state index in [1.807, 2.05) is 4.90 Å². The number of fused-ring (bicyclic) bond motifs is 1. The number of piperidine rings is 1. The average molecular weight is 488 g/mol. The zero-order chi connectivity index (χ0) is 23.5. The Labute approximate surface area is 198 Å². The van der Waals surface area contributed by atoms with E-state index in [2.05, 4.69) is 15.4 Å². The number of aromatic nitrogens is 4. The monoisotopic (exact) mass is 487 g/mol. The maximum atomic E-state index is 13.3. The fraction of sp³-hybridized carbons (Fsp3) is 0.636. The van der Waals surface area contributed by atoms with Crippen molar-refractivity contribution in [3.05, 3.63) is 18.6 Å². The molecule has 182 valence electrons. The number of nitrogens with zero attached hydrogens (tertiary/aromatic N) is 6. The van der Waals surface area contributed by atoms with E-state index in [9.17, 15) is 13.2 Å². The van der Waals surface area contributed by atoms with Crippen LogP contribution in [0.1, 0.15) is 51.4 Å². The first-order valence-corrected chi connectivity index (χ1v) is 13.4. The molecule has 2 saturated carbocycles. The third kappa shape index (κ3) is 3.63. The minimum atomic E-state index is -3.55. The van der Waals surface area contributed by atoms with Crippen molar-refractivity contribution in [1.82, 2.24) is 24.1 Å². The Morgan fingerprint density at radius 2 is 1.85 bits per heavy atom. The van der Waals surface area contributed by atoms with Crippen LogP contribution < -0.4 is 15.0 Å². The molecule has 4 aliphatic rings. The first-order chi connectivity index (χ1) is 16.4. The second-order valence-corrected chi connectivity index (χ2v) is 11.7. The SMILES string of the molecule is Cn1cc(S(=O)(=O)N2CCC(Nc3ncc4c(n3)N(C3CCCC3)C(=O)C3(CC3)O4)CC2)cn1. The van der Waals surface area contributed by atoms with Crippen LogP contribution in [0.2, 0.25) is 0 Å². The molecule has 0 atom stereocenters. The summed E-state index contributed by atoms with van der Waals surface area (Å²) in [6, 6.07) is 0.199. The van der Waals surface area contributed by atoms with Gasteiger partial charge in [0.15, 0.2) is 17.2 Å². The highest BCUT2D eigenvalue weighted by atomic mass is 32.2. The number of nitrogens with one attached hydrogen (secondary N) is 1. The van der Waals surface area contributed by atoms with Crippen LogP contribution >= 0.6 is 0 Å². The number of hydrogen-bond acceptors (Lipinski definition) is 8. The summed E-state index contributed by atoms with van der Waals surface area (Å²) in [5, 5.41) is 7.34. The quantitative estimate of drug-likeness (QED) is 0.676. The predicted molar refractivity (Wildman–Crippen MR) is 123 cm³/mol. The molecule has 3 fully saturated rings. The van der Waals surface area contributed by atoms with Crippen LogP contribution in [0.4, 0.5) is 11.8 Å². The normalized spacial score (nSPS) is 23.2. The van der Waals surface area contributed by atoms with E-state index in [-0.39, 0.29) is 22.9 Å². The highest BCUT2D eigenvalue weighted by molar-refractivity contribution is 7.89. The summed E-state index contributed by atoms with van der Waals surface area (Å²) >= 11 is 0. The molecule has 2 aliphatic carbocycles. The topological polar surface area (TPSA) is 123 Å². The third-order valence-electron chi connectivity index (χ3n) is 7.38. The van der Waals surface area contributed by atoms with E-state index in [4.69, 9.17) is 9.72 Å². The molecule has 6 rings (SSSR count). The lowest BCUT2D eigenvalue weighted by Gasteiger charge is -2.37. The fourth-order valence-corrected chi connectivity index (χ4v) is 6.74. The molecular weight excluding hydrogens is 458 g/mol. The Morgan fingerprint density at radius 1 is 1.12 bits per heavy atom. The average Bonchev–Trinajstić information content (AvgIpc) is 3.19. The number of hydrogen-bond donors (Lipinski definition) is 1. The Bertz CT molecular complexity index is 1210. The van der Waals surface area contributed by atoms with E-state index in [1.54, 1.807) is 13.2 Å². The lowest BCUT2D eigenvalue weighted by molar-refractivity contribution is -0.128. The smallest absolute Gasteiger partial charge is 0.272 e. The number of carbonyl (C=O) groups is 1. The Balaban J connectivity index is 1.17. The molecule has 0 aromatic carbocycles. The molecule has 2 aliphatic heterocycles. The number of carbonyl (C=O) groups excluding carboxylic acids is 1. The Morgan fingerprint density at radius 3 is 2.50 bits per heavy atom. The molecule has 1 saturated heterocycles. The van der Waals surface area contributed by atoms with Gasteiger partial charge in [0, 0.05) is 51.3 Å². The van der Waals surface area contributed by atoms with Gasteiger partial charge in [-0.1, -0.05) is 12.8 Å². The summed E-state index contributed by atoms with van der Waals surface area (Å²) in [6.07, 6.45) is 11.5. The van der Waals surface area contributed by atoms with Crippen LogP contribution in [0.15, 0.2) is 23.5 Å². The lowest BCUT2D eigenvalue weighted by Crippen LogP contribution is -2.52. The fourth-order valence-electron chi connectivity index (χ4n) is 5.28. The van der Waals surface area contributed by atoms with Crippen molar-refractivity contribution < 1.29 is 17.9 Å². The second-order valence-electron chi connectivity index (χ2n) is 9.76. The van der Waals surface area contributed by atoms with Gasteiger partial charge in [0.05, 0.1) is 12.4 Å². The number of sulfonamides is 1. The molecule has 4 heterocycles. The van der Waals surface area contributed by atoms with E-state index >= 15 is 0 Å². The number of anilines is 2. The van der Waals surface area contributed by atoms with Crippen LogP contribution in [0.5, 0.6) is 5.75 Å². The van der Waals surface area contributed by atoms with Crippen molar-refractivity contribution in [2.75, 3.05) is 23.3 Å². The summed E-state index contributed by atoms with van der Waals surface area (Å²) < 4.78 is 34.7. The highest BCUT2D eigenvalue weighted by Gasteiger charge is 2.59. The van der Waals surface area contributed by atoms with Gasteiger partial charge in [-0.2, -0.15) is 14.4 Å². The maximum absolute atomic E-state index is 13.3. The van der Waals surface area contributed by atoms with Gasteiger partial charge < -0.3 is 10.1 Å². The van der Waals surface area contributed by atoms with E-state index in [0.29, 0.717) is 43.4 Å². The molecule has 1 N–H and O–H groups in total. The van der Waals surface area contributed by atoms with E-state index in [1.165, 1.54) is 21.4 Å². The number of amides is 1. The Hall–Kier alpha value is -2.73. The van der Waals surface area contributed by atoms with Crippen molar-refractivity contribution in [3.63, 3.8) is 0 Å². The summed E-state index contributed by atoms with van der Waals surface area (Å²) in [6.45, 7) is 0.802. The van der Waals surface area contributed by atoms with Gasteiger partial charge in [0.2, 0.25) is 16.0 Å². The summed E-state index contributed by atoms with van der Waals surface area (Å²) in [5.74, 6) is 1.61. The van der Waals surface area contributed by atoms with Gasteiger partial charge in [-0.15, -0.1) is 0 Å². The van der Waals surface area contributed by atoms with Gasteiger partial charge >= 0.3 is 0 Å². The predicted octanol–water partition coefficient (Wildman–Crippen LogP) is 1.68. The molecule has 2 aromatic rings. The zero-order valence-electron chi connectivity index (χ0n) is 19.2. The lowest BCUT2D eigenvalue weighted by atomic mass is 10.1. The molecule has 0 bridgehead atoms. The van der Waals surface area contributed by atoms with Crippen molar-refractivity contribution in [2.45, 2.75) is 73.9 Å². The summed E-state index contributed by atoms with van der Waals surface area (Å²) in [5.41, 5.74) is -0.708. The molecule has 1 amide bonds. The van der Waals surface area contributed by atoms with Crippen molar-refractivity contribution in [1.29, 1.82) is 0 Å². The van der Waals surface area contributed by atoms with Gasteiger partial charge in [-0.3, -0.25) is 14.4 Å². The van der Waals surface area contributed by atoms with Crippen molar-refractivity contribution >= 4 is 27.7 Å². The number of ether oxygens (including phenoxy) is 1. The zero-order valence-corrected chi connectivity index (χ0v) is 20.0. The van der Waals surface area contributed by atoms with Crippen LogP contribution in [0, 0.1) is 0 Å². The molecular formula is C22H29N7O4S. The molecule has 34 heavy (non-hydrogen) atoms. The molecule has 12 heteroatoms. The first-order valence-electron chi connectivity index (χ1n) is 12.0. The van der Waals surface area contributed by atoms with Crippen LogP contribution in [-0.2, 0) is 21.9 Å². The molecule has 1 spiro atoms. The maximum Gasteiger partial charge on any atom is 0.272 e. The largest absolute Gasteiger partial charge is 0.472 e. The van der Waals surface area contributed by atoms with Crippen LogP contribution in [0.3, 0.4) is 0 Å². The minimum absolute atomic E-state index is 0.0328. The molecule has 0 radical (unpaired) electrons. The van der Waals surface area contributed by atoms with Crippen LogP contribution in [0.25, 0.3) is 0 Å². The van der Waals surface area contributed by atoms with Crippen LogP contribution in [-0.4, -0.2) is 69.2 Å². The molecule has 2 aromatic heterocycles. The number of rotatable bonds is 5. The van der Waals surface area contributed by atoms with Gasteiger partial charge in [0.1, 0.15) is 4.90 Å². The minimum Gasteiger partial charge on any atom is -0.472 e. The second kappa shape index (κ2) is 7.91. The standard InChI is InChI=1S/C22H29N7O4S/c1-27-14-17(12-24-27)34(31,32)28-10-6-15(7-11-28)25-21-23-13-18-19(26-21)29(16-4-2-3-5-16)20(30)22(33-18)8-9-22/h12-16H,2-11H2,1H3,(H,23,25,26). The first kappa shape index (κ1) is 21.8.